The highest BCUT2D eigenvalue weighted by molar-refractivity contribution is 6.06. The van der Waals surface area contributed by atoms with Gasteiger partial charge in [0.15, 0.2) is 0 Å². The van der Waals surface area contributed by atoms with E-state index in [1.165, 1.54) is 0 Å². The van der Waals surface area contributed by atoms with Crippen molar-refractivity contribution in [1.82, 2.24) is 9.88 Å². The molecule has 1 fully saturated rings. The van der Waals surface area contributed by atoms with Crippen molar-refractivity contribution in [2.24, 2.45) is 5.92 Å². The van der Waals surface area contributed by atoms with Crippen molar-refractivity contribution in [2.45, 2.75) is 25.4 Å². The van der Waals surface area contributed by atoms with Crippen molar-refractivity contribution < 1.29 is 9.90 Å². The quantitative estimate of drug-likeness (QED) is 0.942. The molecule has 1 amide bonds. The van der Waals surface area contributed by atoms with Crippen LogP contribution < -0.4 is 0 Å². The number of pyridine rings is 1. The molecule has 1 heterocycles. The molecule has 1 aliphatic rings. The number of nitrogens with zero attached hydrogens (tertiary/aromatic N) is 2. The number of carbonyl (C=O) groups excluding carboxylic acids is 1. The number of aliphatic hydroxyl groups is 1. The Morgan fingerprint density at radius 2 is 2.19 bits per heavy atom. The molecule has 0 aliphatic heterocycles. The van der Waals surface area contributed by atoms with Crippen molar-refractivity contribution in [1.29, 1.82) is 0 Å². The molecule has 1 N–H and O–H groups in total. The smallest absolute Gasteiger partial charge is 0.254 e. The summed E-state index contributed by atoms with van der Waals surface area (Å²) in [6.45, 7) is 0.608. The number of fused-ring (bicyclic) bond motifs is 1. The van der Waals surface area contributed by atoms with Crippen LogP contribution >= 0.6 is 0 Å². The summed E-state index contributed by atoms with van der Waals surface area (Å²) in [4.78, 5) is 18.7. The van der Waals surface area contributed by atoms with Crippen LogP contribution in [0.2, 0.25) is 0 Å². The Hall–Kier alpha value is -1.94. The van der Waals surface area contributed by atoms with E-state index in [1.54, 1.807) is 11.1 Å². The van der Waals surface area contributed by atoms with Gasteiger partial charge in [0.2, 0.25) is 0 Å². The van der Waals surface area contributed by atoms with Crippen LogP contribution in [0, 0.1) is 5.92 Å². The predicted octanol–water partition coefficient (Wildman–Crippen LogP) is 2.47. The first-order valence-corrected chi connectivity index (χ1v) is 7.44. The second kappa shape index (κ2) is 5.82. The number of hydrogen-bond acceptors (Lipinski definition) is 3. The highest BCUT2D eigenvalue weighted by Crippen LogP contribution is 2.27. The zero-order valence-corrected chi connectivity index (χ0v) is 12.2. The zero-order chi connectivity index (χ0) is 14.8. The standard InChI is InChI=1S/C17H20N2O2/c1-19(11-12-5-2-9-16(12)20)17(21)14-6-3-8-15-13(14)7-4-10-18-15/h3-4,6-8,10,12,16,20H,2,5,9,11H2,1H3. The number of hydrogen-bond donors (Lipinski definition) is 1. The number of benzene rings is 1. The van der Waals surface area contributed by atoms with Gasteiger partial charge in [0.05, 0.1) is 11.6 Å². The van der Waals surface area contributed by atoms with Crippen LogP contribution in [0.25, 0.3) is 10.9 Å². The third kappa shape index (κ3) is 2.76. The van der Waals surface area contributed by atoms with Gasteiger partial charge >= 0.3 is 0 Å². The monoisotopic (exact) mass is 284 g/mol. The van der Waals surface area contributed by atoms with Gasteiger partial charge in [-0.15, -0.1) is 0 Å². The Bertz CT molecular complexity index is 651. The third-order valence-corrected chi connectivity index (χ3v) is 4.35. The van der Waals surface area contributed by atoms with Gasteiger partial charge < -0.3 is 10.0 Å². The van der Waals surface area contributed by atoms with Crippen LogP contribution in [0.1, 0.15) is 29.6 Å². The number of aromatic nitrogens is 1. The summed E-state index contributed by atoms with van der Waals surface area (Å²) in [6.07, 6.45) is 4.36. The van der Waals surface area contributed by atoms with Gasteiger partial charge in [-0.25, -0.2) is 0 Å². The molecule has 2 unspecified atom stereocenters. The van der Waals surface area contributed by atoms with E-state index < -0.39 is 0 Å². The van der Waals surface area contributed by atoms with Gasteiger partial charge in [0, 0.05) is 36.7 Å². The SMILES string of the molecule is CN(CC1CCCC1O)C(=O)c1cccc2ncccc12. The molecule has 0 bridgehead atoms. The second-order valence-corrected chi connectivity index (χ2v) is 5.82. The van der Waals surface area contributed by atoms with Crippen molar-refractivity contribution in [3.63, 3.8) is 0 Å². The number of amides is 1. The molecule has 1 aromatic heterocycles. The number of rotatable bonds is 3. The van der Waals surface area contributed by atoms with E-state index >= 15 is 0 Å². The van der Waals surface area contributed by atoms with Gasteiger partial charge in [-0.05, 0) is 31.0 Å². The summed E-state index contributed by atoms with van der Waals surface area (Å²) in [6, 6.07) is 9.38. The Labute approximate surface area is 124 Å². The van der Waals surface area contributed by atoms with Crippen LogP contribution in [0.4, 0.5) is 0 Å². The first-order chi connectivity index (χ1) is 10.2. The number of aliphatic hydroxyl groups excluding tert-OH is 1. The molecule has 3 rings (SSSR count). The molecule has 110 valence electrons. The fourth-order valence-electron chi connectivity index (χ4n) is 3.16. The lowest BCUT2D eigenvalue weighted by molar-refractivity contribution is 0.0695. The lowest BCUT2D eigenvalue weighted by Crippen LogP contribution is -2.34. The molecule has 0 spiro atoms. The molecule has 4 heteroatoms. The minimum absolute atomic E-state index is 0.00676. The van der Waals surface area contributed by atoms with Crippen molar-refractivity contribution in [2.75, 3.05) is 13.6 Å². The molecule has 2 aromatic rings. The number of carbonyl (C=O) groups is 1. The highest BCUT2D eigenvalue weighted by Gasteiger charge is 2.28. The van der Waals surface area contributed by atoms with E-state index in [-0.39, 0.29) is 17.9 Å². The molecule has 4 nitrogen and oxygen atoms in total. The Balaban J connectivity index is 1.83. The van der Waals surface area contributed by atoms with E-state index in [0.29, 0.717) is 12.1 Å². The first-order valence-electron chi connectivity index (χ1n) is 7.44. The van der Waals surface area contributed by atoms with Crippen LogP contribution in [0.3, 0.4) is 0 Å². The minimum Gasteiger partial charge on any atom is -0.393 e. The lowest BCUT2D eigenvalue weighted by Gasteiger charge is -2.23. The van der Waals surface area contributed by atoms with Crippen LogP contribution in [0.5, 0.6) is 0 Å². The van der Waals surface area contributed by atoms with Gasteiger partial charge in [0.25, 0.3) is 5.91 Å². The minimum atomic E-state index is -0.269. The summed E-state index contributed by atoms with van der Waals surface area (Å²) in [5.41, 5.74) is 1.51. The Kier molecular flexibility index (Phi) is 3.88. The average molecular weight is 284 g/mol. The normalized spacial score (nSPS) is 21.6. The molecule has 21 heavy (non-hydrogen) atoms. The van der Waals surface area contributed by atoms with E-state index in [9.17, 15) is 9.90 Å². The van der Waals surface area contributed by atoms with Gasteiger partial charge in [0.1, 0.15) is 0 Å². The summed E-state index contributed by atoms with van der Waals surface area (Å²) in [5.74, 6) is 0.194. The van der Waals surface area contributed by atoms with Gasteiger partial charge in [-0.1, -0.05) is 18.6 Å². The maximum Gasteiger partial charge on any atom is 0.254 e. The van der Waals surface area contributed by atoms with Crippen molar-refractivity contribution >= 4 is 16.8 Å². The van der Waals surface area contributed by atoms with Crippen LogP contribution in [-0.2, 0) is 0 Å². The molecule has 1 aliphatic carbocycles. The van der Waals surface area contributed by atoms with E-state index in [2.05, 4.69) is 4.98 Å². The van der Waals surface area contributed by atoms with Crippen LogP contribution in [-0.4, -0.2) is 40.6 Å². The predicted molar refractivity (Wildman–Crippen MR) is 82.1 cm³/mol. The van der Waals surface area contributed by atoms with Crippen molar-refractivity contribution in [3.05, 3.63) is 42.1 Å². The zero-order valence-electron chi connectivity index (χ0n) is 12.2. The van der Waals surface area contributed by atoms with Crippen molar-refractivity contribution in [3.8, 4) is 0 Å². The summed E-state index contributed by atoms with van der Waals surface area (Å²) >= 11 is 0. The maximum atomic E-state index is 12.7. The maximum absolute atomic E-state index is 12.7. The van der Waals surface area contributed by atoms with Gasteiger partial charge in [-0.3, -0.25) is 9.78 Å². The van der Waals surface area contributed by atoms with E-state index in [1.807, 2.05) is 37.4 Å². The largest absolute Gasteiger partial charge is 0.393 e. The molecule has 1 saturated carbocycles. The molecule has 0 saturated heterocycles. The molecule has 2 atom stereocenters. The summed E-state index contributed by atoms with van der Waals surface area (Å²) < 4.78 is 0. The highest BCUT2D eigenvalue weighted by atomic mass is 16.3. The molecular formula is C17H20N2O2. The lowest BCUT2D eigenvalue weighted by atomic mass is 10.0. The molecule has 0 radical (unpaired) electrons. The van der Waals surface area contributed by atoms with Gasteiger partial charge in [-0.2, -0.15) is 0 Å². The van der Waals surface area contributed by atoms with Crippen LogP contribution in [0.15, 0.2) is 36.5 Å². The fourth-order valence-corrected chi connectivity index (χ4v) is 3.16. The summed E-state index contributed by atoms with van der Waals surface area (Å²) in [5, 5.41) is 10.8. The topological polar surface area (TPSA) is 53.4 Å². The van der Waals surface area contributed by atoms with E-state index in [0.717, 1.165) is 30.2 Å². The Morgan fingerprint density at radius 1 is 1.33 bits per heavy atom. The summed E-state index contributed by atoms with van der Waals surface area (Å²) in [7, 11) is 1.81. The molecule has 1 aromatic carbocycles. The molecular weight excluding hydrogens is 264 g/mol. The average Bonchev–Trinajstić information content (AvgIpc) is 2.91. The van der Waals surface area contributed by atoms with E-state index in [4.69, 9.17) is 0 Å². The second-order valence-electron chi connectivity index (χ2n) is 5.82. The third-order valence-electron chi connectivity index (χ3n) is 4.35. The fraction of sp³-hybridized carbons (Fsp3) is 0.412. The first kappa shape index (κ1) is 14.0. The Morgan fingerprint density at radius 3 is 2.95 bits per heavy atom.